The molecule has 0 heterocycles. The van der Waals surface area contributed by atoms with Gasteiger partial charge in [-0.25, -0.2) is 0 Å². The Balaban J connectivity index is 2.32. The van der Waals surface area contributed by atoms with Crippen LogP contribution in [0.3, 0.4) is 0 Å². The summed E-state index contributed by atoms with van der Waals surface area (Å²) in [6.45, 7) is 25.6. The Morgan fingerprint density at radius 3 is 1.79 bits per heavy atom. The van der Waals surface area contributed by atoms with Crippen molar-refractivity contribution in [3.05, 3.63) is 46.0 Å². The third-order valence-corrected chi connectivity index (χ3v) is 29.2. The first-order chi connectivity index (χ1) is 10.7. The molecule has 2 aliphatic rings. The maximum Gasteiger partial charge on any atom is 0.0783 e. The van der Waals surface area contributed by atoms with Crippen molar-refractivity contribution in [3.63, 3.8) is 0 Å². The molecule has 0 amide bonds. The quantitative estimate of drug-likeness (QED) is 0.448. The molecule has 0 saturated heterocycles. The highest BCUT2D eigenvalue weighted by molar-refractivity contribution is 7.46. The van der Waals surface area contributed by atoms with Crippen molar-refractivity contribution in [2.75, 3.05) is 0 Å². The molecule has 0 saturated carbocycles. The predicted molar refractivity (Wildman–Crippen MR) is 123 cm³/mol. The Hall–Kier alpha value is -0.172. The second kappa shape index (κ2) is 6.22. The van der Waals surface area contributed by atoms with Crippen LogP contribution in [0.4, 0.5) is 0 Å². The van der Waals surface area contributed by atoms with E-state index in [4.69, 9.17) is 0 Å². The molecule has 2 aliphatic carbocycles. The zero-order valence-corrected chi connectivity index (χ0v) is 21.7. The van der Waals surface area contributed by atoms with E-state index in [1.54, 1.807) is 10.4 Å². The minimum Gasteiger partial charge on any atom is -0.0816 e. The summed E-state index contributed by atoms with van der Waals surface area (Å²) in [5, 5.41) is 5.26. The van der Waals surface area contributed by atoms with Crippen molar-refractivity contribution in [2.24, 2.45) is 0 Å². The lowest BCUT2D eigenvalue weighted by Gasteiger charge is -2.40. The van der Waals surface area contributed by atoms with Gasteiger partial charge in [-0.05, 0) is 12.0 Å². The van der Waals surface area contributed by atoms with E-state index in [-0.39, 0.29) is 0 Å². The molecule has 24 heavy (non-hydrogen) atoms. The first-order valence-electron chi connectivity index (χ1n) is 9.49. The lowest BCUT2D eigenvalue weighted by Crippen LogP contribution is -2.57. The largest absolute Gasteiger partial charge is 0.0816 e. The third-order valence-electron chi connectivity index (χ3n) is 6.67. The molecule has 0 aromatic carbocycles. The van der Waals surface area contributed by atoms with Gasteiger partial charge in [0, 0.05) is 0 Å². The van der Waals surface area contributed by atoms with E-state index < -0.39 is 31.3 Å². The average molecular weight is 391 g/mol. The standard InChI is InChI=1S/C20H38Si4/c1-21(2,3)17-11-13-19(15-17)23(7,8)24(9,10)20-14-12-18(16-20)22(4,5)6/h11-13,15-17H,14H2,1-10H3. The van der Waals surface area contributed by atoms with Gasteiger partial charge in [0.1, 0.15) is 0 Å². The van der Waals surface area contributed by atoms with Crippen LogP contribution in [0, 0.1) is 0 Å². The van der Waals surface area contributed by atoms with Gasteiger partial charge in [-0.2, -0.15) is 0 Å². The van der Waals surface area contributed by atoms with Gasteiger partial charge in [-0.1, -0.05) is 111 Å². The Bertz CT molecular complexity index is 632. The van der Waals surface area contributed by atoms with Gasteiger partial charge in [0.2, 0.25) is 0 Å². The van der Waals surface area contributed by atoms with Gasteiger partial charge in [-0.15, -0.1) is 0 Å². The summed E-state index contributed by atoms with van der Waals surface area (Å²) in [6.07, 6.45) is 14.2. The van der Waals surface area contributed by atoms with E-state index >= 15 is 0 Å². The van der Waals surface area contributed by atoms with E-state index in [9.17, 15) is 0 Å². The van der Waals surface area contributed by atoms with Gasteiger partial charge in [-0.3, -0.25) is 0 Å². The molecule has 0 radical (unpaired) electrons. The minimum absolute atomic E-state index is 0.748. The summed E-state index contributed by atoms with van der Waals surface area (Å²) >= 11 is 0. The van der Waals surface area contributed by atoms with Crippen LogP contribution in [0.15, 0.2) is 46.0 Å². The highest BCUT2D eigenvalue weighted by atomic mass is 29.3. The highest BCUT2D eigenvalue weighted by Crippen LogP contribution is 2.42. The number of hydrogen-bond acceptors (Lipinski definition) is 0. The highest BCUT2D eigenvalue weighted by Gasteiger charge is 2.47. The molecular weight excluding hydrogens is 353 g/mol. The van der Waals surface area contributed by atoms with Crippen molar-refractivity contribution in [3.8, 4) is 0 Å². The van der Waals surface area contributed by atoms with E-state index in [2.05, 4.69) is 95.9 Å². The van der Waals surface area contributed by atoms with Crippen LogP contribution in [0.2, 0.25) is 71.0 Å². The summed E-state index contributed by atoms with van der Waals surface area (Å²) in [7, 11) is -5.12. The fourth-order valence-corrected chi connectivity index (χ4v) is 16.1. The topological polar surface area (TPSA) is 0 Å². The zero-order chi connectivity index (χ0) is 18.6. The fraction of sp³-hybridized carbons (Fsp3) is 0.600. The molecule has 0 fully saturated rings. The molecule has 0 aromatic heterocycles. The molecule has 1 atom stereocenters. The first kappa shape index (κ1) is 20.1. The number of hydrogen-bond donors (Lipinski definition) is 0. The molecule has 4 heteroatoms. The Labute approximate surface area is 154 Å². The van der Waals surface area contributed by atoms with Crippen LogP contribution in [-0.4, -0.2) is 31.3 Å². The molecule has 2 rings (SSSR count). The van der Waals surface area contributed by atoms with Crippen LogP contribution >= 0.6 is 0 Å². The van der Waals surface area contributed by atoms with E-state index in [1.165, 1.54) is 6.42 Å². The van der Waals surface area contributed by atoms with Crippen LogP contribution in [0.25, 0.3) is 0 Å². The van der Waals surface area contributed by atoms with Crippen molar-refractivity contribution < 1.29 is 0 Å². The van der Waals surface area contributed by atoms with E-state index in [1.807, 2.05) is 5.20 Å². The van der Waals surface area contributed by atoms with Crippen molar-refractivity contribution >= 4 is 31.3 Å². The minimum atomic E-state index is -1.42. The van der Waals surface area contributed by atoms with Crippen molar-refractivity contribution in [1.29, 1.82) is 0 Å². The summed E-state index contributed by atoms with van der Waals surface area (Å²) in [4.78, 5) is 0. The molecular formula is C20H38Si4. The SMILES string of the molecule is C[Si](C)(C)C1=CCC([Si](C)(C)[Si](C)(C)C2=CC([Si](C)(C)C)C=C2)=C1. The average Bonchev–Trinajstić information content (AvgIpc) is 3.07. The molecule has 0 spiro atoms. The maximum absolute atomic E-state index is 2.68. The van der Waals surface area contributed by atoms with Crippen LogP contribution in [-0.2, 0) is 0 Å². The molecule has 0 bridgehead atoms. The van der Waals surface area contributed by atoms with Gasteiger partial charge < -0.3 is 0 Å². The number of allylic oxidation sites excluding steroid dienone is 8. The Morgan fingerprint density at radius 1 is 0.792 bits per heavy atom. The zero-order valence-electron chi connectivity index (χ0n) is 17.7. The van der Waals surface area contributed by atoms with Gasteiger partial charge >= 0.3 is 0 Å². The summed E-state index contributed by atoms with van der Waals surface area (Å²) < 4.78 is 0. The second-order valence-electron chi connectivity index (χ2n) is 10.9. The lowest BCUT2D eigenvalue weighted by atomic mass is 10.5. The van der Waals surface area contributed by atoms with Gasteiger partial charge in [0.15, 0.2) is 0 Å². The van der Waals surface area contributed by atoms with Gasteiger partial charge in [0.25, 0.3) is 0 Å². The molecule has 134 valence electrons. The lowest BCUT2D eigenvalue weighted by molar-refractivity contribution is 1.29. The van der Waals surface area contributed by atoms with Crippen LogP contribution in [0.5, 0.6) is 0 Å². The Morgan fingerprint density at radius 2 is 1.38 bits per heavy atom. The summed E-state index contributed by atoms with van der Waals surface area (Å²) in [5.74, 6) is 0. The predicted octanol–water partition coefficient (Wildman–Crippen LogP) is 6.90. The molecule has 0 aliphatic heterocycles. The van der Waals surface area contributed by atoms with E-state index in [0.29, 0.717) is 0 Å². The monoisotopic (exact) mass is 390 g/mol. The summed E-state index contributed by atoms with van der Waals surface area (Å²) in [5.41, 5.74) is 0.748. The maximum atomic E-state index is 2.68. The molecule has 0 nitrogen and oxygen atoms in total. The molecule has 0 N–H and O–H groups in total. The van der Waals surface area contributed by atoms with Crippen LogP contribution < -0.4 is 0 Å². The second-order valence-corrected chi connectivity index (χ2v) is 36.6. The Kier molecular flexibility index (Phi) is 5.22. The third kappa shape index (κ3) is 3.67. The first-order valence-corrected chi connectivity index (χ1v) is 23.6. The molecule has 1 unspecified atom stereocenters. The molecule has 0 aromatic rings. The van der Waals surface area contributed by atoms with Crippen LogP contribution in [0.1, 0.15) is 6.42 Å². The normalized spacial score (nSPS) is 22.6. The smallest absolute Gasteiger partial charge is 0.0783 e. The van der Waals surface area contributed by atoms with E-state index in [0.717, 1.165) is 5.54 Å². The number of rotatable bonds is 5. The fourth-order valence-electron chi connectivity index (χ4n) is 3.71. The summed E-state index contributed by atoms with van der Waals surface area (Å²) in [6, 6.07) is 0. The van der Waals surface area contributed by atoms with Crippen molar-refractivity contribution in [1.82, 2.24) is 0 Å². The van der Waals surface area contributed by atoms with Crippen molar-refractivity contribution in [2.45, 2.75) is 77.4 Å². The van der Waals surface area contributed by atoms with Gasteiger partial charge in [0.05, 0.1) is 31.3 Å².